The predicted molar refractivity (Wildman–Crippen MR) is 20.2 cm³/mol. The molecule has 1 fully saturated rings. The molecule has 0 unspecified atom stereocenters. The van der Waals surface area contributed by atoms with Gasteiger partial charge in [0.25, 0.3) is 0 Å². The average molecular weight is 87.1 g/mol. The summed E-state index contributed by atoms with van der Waals surface area (Å²) in [5.41, 5.74) is 0. The van der Waals surface area contributed by atoms with Crippen LogP contribution in [0.3, 0.4) is 0 Å². The van der Waals surface area contributed by atoms with Gasteiger partial charge < -0.3 is 4.74 Å². The molecule has 0 aromatic heterocycles. The minimum absolute atomic E-state index is 0.236. The fourth-order valence-corrected chi connectivity index (χ4v) is 0.388. The Balaban J connectivity index is 2.40. The van der Waals surface area contributed by atoms with Gasteiger partial charge >= 0.3 is 5.97 Å². The van der Waals surface area contributed by atoms with Crippen LogP contribution in [-0.2, 0) is 9.53 Å². The lowest BCUT2D eigenvalue weighted by Crippen LogP contribution is -1.88. The minimum Gasteiger partial charge on any atom is -0.466 e. The maximum absolute atomic E-state index is 10.1. The van der Waals surface area contributed by atoms with Gasteiger partial charge in [0.1, 0.15) is 0 Å². The molecule has 0 spiro atoms. The van der Waals surface area contributed by atoms with Crippen LogP contribution in [0, 0.1) is 0 Å². The molecular formula is C4H6O2. The van der Waals surface area contributed by atoms with Crippen molar-refractivity contribution >= 4 is 5.97 Å². The molecule has 0 aliphatic carbocycles. The van der Waals surface area contributed by atoms with E-state index in [4.69, 9.17) is 1.37 Å². The summed E-state index contributed by atoms with van der Waals surface area (Å²) >= 11 is 0. The Morgan fingerprint density at radius 2 is 2.83 bits per heavy atom. The summed E-state index contributed by atoms with van der Waals surface area (Å²) in [6, 6.07) is 0. The molecule has 0 aromatic rings. The topological polar surface area (TPSA) is 26.3 Å². The van der Waals surface area contributed by atoms with Gasteiger partial charge in [-0.2, -0.15) is 0 Å². The van der Waals surface area contributed by atoms with Gasteiger partial charge in [0.15, 0.2) is 0 Å². The lowest BCUT2D eigenvalue weighted by atomic mass is 10.4. The summed E-state index contributed by atoms with van der Waals surface area (Å²) < 4.78 is 11.4. The molecule has 1 aliphatic rings. The summed E-state index contributed by atoms with van der Waals surface area (Å²) in [5.74, 6) is -0.236. The largest absolute Gasteiger partial charge is 0.466 e. The monoisotopic (exact) mass is 87.0 g/mol. The van der Waals surface area contributed by atoms with Crippen LogP contribution >= 0.6 is 0 Å². The molecule has 6 heavy (non-hydrogen) atoms. The zero-order valence-electron chi connectivity index (χ0n) is 4.31. The number of esters is 1. The zero-order chi connectivity index (χ0) is 5.28. The molecule has 0 aromatic carbocycles. The molecule has 2 heteroatoms. The SMILES string of the molecule is [2H][C@@H]1COC(=O)C1. The van der Waals surface area contributed by atoms with E-state index >= 15 is 0 Å². The first kappa shape index (κ1) is 2.61. The van der Waals surface area contributed by atoms with Crippen LogP contribution in [0.1, 0.15) is 14.2 Å². The number of hydrogen-bond donors (Lipinski definition) is 0. The number of carbonyl (C=O) groups is 1. The molecule has 1 atom stereocenters. The van der Waals surface area contributed by atoms with Crippen LogP contribution < -0.4 is 0 Å². The van der Waals surface area contributed by atoms with Gasteiger partial charge in [-0.25, -0.2) is 0 Å². The van der Waals surface area contributed by atoms with Gasteiger partial charge in [-0.1, -0.05) is 0 Å². The van der Waals surface area contributed by atoms with Crippen molar-refractivity contribution in [3.05, 3.63) is 0 Å². The van der Waals surface area contributed by atoms with Crippen molar-refractivity contribution in [1.82, 2.24) is 0 Å². The maximum atomic E-state index is 10.1. The van der Waals surface area contributed by atoms with E-state index < -0.39 is 0 Å². The molecule has 1 rings (SSSR count). The number of hydrogen-bond acceptors (Lipinski definition) is 2. The molecule has 2 nitrogen and oxygen atoms in total. The molecule has 1 aliphatic heterocycles. The highest BCUT2D eigenvalue weighted by molar-refractivity contribution is 5.70. The lowest BCUT2D eigenvalue weighted by molar-refractivity contribution is -0.137. The van der Waals surface area contributed by atoms with Crippen molar-refractivity contribution < 1.29 is 10.9 Å². The first-order chi connectivity index (χ1) is 3.29. The summed E-state index contributed by atoms with van der Waals surface area (Å²) in [7, 11) is 0. The molecule has 1 heterocycles. The summed E-state index contributed by atoms with van der Waals surface area (Å²) in [6.45, 7) is 0.291. The second-order valence-electron chi connectivity index (χ2n) is 1.18. The third-order valence-corrected chi connectivity index (χ3v) is 0.673. The van der Waals surface area contributed by atoms with Crippen molar-refractivity contribution in [2.45, 2.75) is 12.8 Å². The highest BCUT2D eigenvalue weighted by Crippen LogP contribution is 2.01. The molecule has 0 radical (unpaired) electrons. The van der Waals surface area contributed by atoms with Crippen LogP contribution in [0.15, 0.2) is 0 Å². The normalized spacial score (nSPS) is 35.7. The lowest BCUT2D eigenvalue weighted by Gasteiger charge is -1.81. The van der Waals surface area contributed by atoms with E-state index in [1.807, 2.05) is 0 Å². The third kappa shape index (κ3) is 0.506. The third-order valence-electron chi connectivity index (χ3n) is 0.673. The Bertz CT molecular complexity index is 91.7. The van der Waals surface area contributed by atoms with Crippen LogP contribution in [0.2, 0.25) is 0 Å². The maximum Gasteiger partial charge on any atom is 0.305 e. The van der Waals surface area contributed by atoms with E-state index in [9.17, 15) is 4.79 Å². The van der Waals surface area contributed by atoms with Crippen LogP contribution in [0.5, 0.6) is 0 Å². The van der Waals surface area contributed by atoms with E-state index in [2.05, 4.69) is 4.74 Å². The van der Waals surface area contributed by atoms with E-state index in [0.717, 1.165) is 0 Å². The zero-order valence-corrected chi connectivity index (χ0v) is 3.31. The molecule has 34 valence electrons. The van der Waals surface area contributed by atoms with Crippen molar-refractivity contribution in [2.75, 3.05) is 6.61 Å². The van der Waals surface area contributed by atoms with E-state index in [-0.39, 0.29) is 18.8 Å². The minimum atomic E-state index is -0.299. The smallest absolute Gasteiger partial charge is 0.305 e. The van der Waals surface area contributed by atoms with Gasteiger partial charge in [0.05, 0.1) is 6.61 Å². The number of carbonyl (C=O) groups excluding carboxylic acids is 1. The first-order valence-corrected chi connectivity index (χ1v) is 1.87. The van der Waals surface area contributed by atoms with E-state index in [0.29, 0.717) is 6.61 Å². The molecule has 1 saturated heterocycles. The second kappa shape index (κ2) is 1.29. The van der Waals surface area contributed by atoms with Gasteiger partial charge in [-0.3, -0.25) is 4.79 Å². The predicted octanol–water partition coefficient (Wildman–Crippen LogP) is 0.323. The summed E-state index contributed by atoms with van der Waals surface area (Å²) in [4.78, 5) is 10.1. The van der Waals surface area contributed by atoms with Crippen LogP contribution in [0.25, 0.3) is 0 Å². The van der Waals surface area contributed by atoms with Crippen molar-refractivity contribution in [2.24, 2.45) is 0 Å². The Labute approximate surface area is 37.5 Å². The average Bonchev–Trinajstić information content (AvgIpc) is 1.87. The second-order valence-corrected chi connectivity index (χ2v) is 1.18. The van der Waals surface area contributed by atoms with Crippen LogP contribution in [-0.4, -0.2) is 12.6 Å². The Hall–Kier alpha value is -0.530. The van der Waals surface area contributed by atoms with Gasteiger partial charge in [0, 0.05) is 7.79 Å². The number of ether oxygens (including phenoxy) is 1. The number of rotatable bonds is 0. The van der Waals surface area contributed by atoms with Gasteiger partial charge in [0.2, 0.25) is 0 Å². The first-order valence-electron chi connectivity index (χ1n) is 2.44. The van der Waals surface area contributed by atoms with E-state index in [1.165, 1.54) is 0 Å². The van der Waals surface area contributed by atoms with Gasteiger partial charge in [-0.15, -0.1) is 0 Å². The van der Waals surface area contributed by atoms with Crippen molar-refractivity contribution in [3.63, 3.8) is 0 Å². The standard InChI is InChI=1S/C4H6O2/c5-4-2-1-3-6-4/h1-3H2/i1D/t1-/m0/s1. The number of cyclic esters (lactones) is 1. The Morgan fingerprint density at radius 1 is 2.00 bits per heavy atom. The molecule has 0 bridgehead atoms. The van der Waals surface area contributed by atoms with Crippen LogP contribution in [0.4, 0.5) is 0 Å². The van der Waals surface area contributed by atoms with E-state index in [1.54, 1.807) is 0 Å². The molecule has 0 amide bonds. The quantitative estimate of drug-likeness (QED) is 0.398. The van der Waals surface area contributed by atoms with Gasteiger partial charge in [-0.05, 0) is 6.40 Å². The Morgan fingerprint density at radius 3 is 3.00 bits per heavy atom. The molecular weight excluding hydrogens is 80.0 g/mol. The fourth-order valence-electron chi connectivity index (χ4n) is 0.388. The Kier molecular flexibility index (Phi) is 0.560. The van der Waals surface area contributed by atoms with Crippen molar-refractivity contribution in [3.8, 4) is 0 Å². The fraction of sp³-hybridized carbons (Fsp3) is 0.750. The highest BCUT2D eigenvalue weighted by Gasteiger charge is 2.08. The molecule has 0 N–H and O–H groups in total. The molecule has 0 saturated carbocycles. The highest BCUT2D eigenvalue weighted by atomic mass is 16.5. The summed E-state index contributed by atoms with van der Waals surface area (Å²) in [6.07, 6.45) is -0.0208. The summed E-state index contributed by atoms with van der Waals surface area (Å²) in [5, 5.41) is 0. The van der Waals surface area contributed by atoms with Crippen molar-refractivity contribution in [1.29, 1.82) is 0 Å².